The molecule has 1 saturated heterocycles. The monoisotopic (exact) mass is 251 g/mol. The summed E-state index contributed by atoms with van der Waals surface area (Å²) in [4.78, 5) is 9.14. The van der Waals surface area contributed by atoms with Crippen molar-refractivity contribution in [3.8, 4) is 0 Å². The van der Waals surface area contributed by atoms with Gasteiger partial charge < -0.3 is 14.8 Å². The van der Waals surface area contributed by atoms with E-state index in [2.05, 4.69) is 22.2 Å². The van der Waals surface area contributed by atoms with Crippen LogP contribution >= 0.6 is 0 Å². The smallest absolute Gasteiger partial charge is 0.163 e. The summed E-state index contributed by atoms with van der Waals surface area (Å²) in [5.74, 6) is 1.63. The van der Waals surface area contributed by atoms with Crippen LogP contribution in [0.4, 0.5) is 5.82 Å². The molecular formula is C13H21N3O2. The van der Waals surface area contributed by atoms with E-state index in [0.29, 0.717) is 13.2 Å². The molecule has 1 aliphatic heterocycles. The van der Waals surface area contributed by atoms with Crippen molar-refractivity contribution in [2.45, 2.75) is 32.3 Å². The first-order valence-electron chi connectivity index (χ1n) is 6.43. The normalized spacial score (nSPS) is 18.6. The molecule has 5 nitrogen and oxygen atoms in total. The highest BCUT2D eigenvalue weighted by Crippen LogP contribution is 2.33. The lowest BCUT2D eigenvalue weighted by Crippen LogP contribution is -2.37. The molecule has 1 aromatic heterocycles. The molecule has 1 aromatic rings. The van der Waals surface area contributed by atoms with Gasteiger partial charge in [0.15, 0.2) is 5.82 Å². The summed E-state index contributed by atoms with van der Waals surface area (Å²) in [6.07, 6.45) is 1.61. The number of anilines is 1. The Balaban J connectivity index is 2.34. The lowest BCUT2D eigenvalue weighted by molar-refractivity contribution is -0.1000. The average molecular weight is 251 g/mol. The van der Waals surface area contributed by atoms with Gasteiger partial charge in [-0.15, -0.1) is 0 Å². The van der Waals surface area contributed by atoms with Crippen LogP contribution in [0.15, 0.2) is 6.07 Å². The topological polar surface area (TPSA) is 56.3 Å². The summed E-state index contributed by atoms with van der Waals surface area (Å²) in [6.45, 7) is 6.27. The zero-order valence-electron chi connectivity index (χ0n) is 11.3. The van der Waals surface area contributed by atoms with Gasteiger partial charge in [0.05, 0.1) is 0 Å². The fourth-order valence-electron chi connectivity index (χ4n) is 2.26. The Morgan fingerprint density at radius 3 is 2.72 bits per heavy atom. The molecule has 2 rings (SSSR count). The number of rotatable bonds is 4. The maximum absolute atomic E-state index is 5.72. The molecule has 1 aliphatic rings. The first-order valence-corrected chi connectivity index (χ1v) is 6.43. The number of nitrogens with zero attached hydrogens (tertiary/aromatic N) is 2. The second kappa shape index (κ2) is 5.63. The predicted molar refractivity (Wildman–Crippen MR) is 69.7 cm³/mol. The maximum atomic E-state index is 5.72. The van der Waals surface area contributed by atoms with Gasteiger partial charge in [-0.05, 0) is 13.8 Å². The van der Waals surface area contributed by atoms with Crippen molar-refractivity contribution in [2.24, 2.45) is 0 Å². The standard InChI is InChI=1S/C13H21N3O2/c1-4-14-11-9-10(2)15-12(16-11)13(17-3)5-7-18-8-6-13/h9H,4-8H2,1-3H3,(H,14,15,16). The van der Waals surface area contributed by atoms with E-state index in [-0.39, 0.29) is 0 Å². The molecule has 100 valence electrons. The van der Waals surface area contributed by atoms with Crippen LogP contribution < -0.4 is 5.32 Å². The van der Waals surface area contributed by atoms with Crippen LogP contribution in [0.25, 0.3) is 0 Å². The van der Waals surface area contributed by atoms with Crippen molar-refractivity contribution < 1.29 is 9.47 Å². The molecule has 1 fully saturated rings. The van der Waals surface area contributed by atoms with Crippen LogP contribution in [0, 0.1) is 6.92 Å². The van der Waals surface area contributed by atoms with Gasteiger partial charge in [0.2, 0.25) is 0 Å². The minimum atomic E-state index is -0.394. The molecule has 0 spiro atoms. The molecule has 5 heteroatoms. The Morgan fingerprint density at radius 1 is 1.39 bits per heavy atom. The Morgan fingerprint density at radius 2 is 2.11 bits per heavy atom. The van der Waals surface area contributed by atoms with Gasteiger partial charge in [-0.3, -0.25) is 0 Å². The van der Waals surface area contributed by atoms with Crippen molar-refractivity contribution in [1.82, 2.24) is 9.97 Å². The van der Waals surface area contributed by atoms with Gasteiger partial charge in [-0.25, -0.2) is 9.97 Å². The molecule has 0 radical (unpaired) electrons. The number of nitrogens with one attached hydrogen (secondary N) is 1. The van der Waals surface area contributed by atoms with Crippen LogP contribution in [0.1, 0.15) is 31.3 Å². The van der Waals surface area contributed by atoms with Crippen LogP contribution in [0.3, 0.4) is 0 Å². The average Bonchev–Trinajstić information content (AvgIpc) is 2.39. The van der Waals surface area contributed by atoms with Crippen molar-refractivity contribution in [1.29, 1.82) is 0 Å². The van der Waals surface area contributed by atoms with Crippen molar-refractivity contribution in [2.75, 3.05) is 32.2 Å². The number of aryl methyl sites for hydroxylation is 1. The van der Waals surface area contributed by atoms with Crippen molar-refractivity contribution in [3.63, 3.8) is 0 Å². The van der Waals surface area contributed by atoms with Crippen LogP contribution in [0.5, 0.6) is 0 Å². The molecule has 0 saturated carbocycles. The van der Waals surface area contributed by atoms with Crippen molar-refractivity contribution in [3.05, 3.63) is 17.6 Å². The summed E-state index contributed by atoms with van der Waals surface area (Å²) in [5.41, 5.74) is 0.563. The summed E-state index contributed by atoms with van der Waals surface area (Å²) in [5, 5.41) is 3.23. The highest BCUT2D eigenvalue weighted by molar-refractivity contribution is 5.36. The molecule has 0 bridgehead atoms. The second-order valence-electron chi connectivity index (χ2n) is 4.56. The van der Waals surface area contributed by atoms with Gasteiger partial charge in [0.1, 0.15) is 11.4 Å². The lowest BCUT2D eigenvalue weighted by Gasteiger charge is -2.34. The highest BCUT2D eigenvalue weighted by atomic mass is 16.5. The molecule has 0 aliphatic carbocycles. The fraction of sp³-hybridized carbons (Fsp3) is 0.692. The number of hydrogen-bond donors (Lipinski definition) is 1. The molecule has 0 atom stereocenters. The molecule has 2 heterocycles. The lowest BCUT2D eigenvalue weighted by atomic mass is 9.93. The molecule has 0 amide bonds. The zero-order chi connectivity index (χ0) is 13.0. The number of hydrogen-bond acceptors (Lipinski definition) is 5. The van der Waals surface area contributed by atoms with E-state index in [9.17, 15) is 0 Å². The van der Waals surface area contributed by atoms with Crippen LogP contribution in [-0.2, 0) is 15.1 Å². The van der Waals surface area contributed by atoms with E-state index < -0.39 is 5.60 Å². The molecule has 0 unspecified atom stereocenters. The molecule has 0 aromatic carbocycles. The van der Waals surface area contributed by atoms with E-state index in [4.69, 9.17) is 9.47 Å². The second-order valence-corrected chi connectivity index (χ2v) is 4.56. The number of ether oxygens (including phenoxy) is 2. The van der Waals surface area contributed by atoms with Gasteiger partial charge in [-0.2, -0.15) is 0 Å². The highest BCUT2D eigenvalue weighted by Gasteiger charge is 2.37. The Kier molecular flexibility index (Phi) is 4.14. The minimum absolute atomic E-state index is 0.394. The van der Waals surface area contributed by atoms with E-state index in [1.54, 1.807) is 7.11 Å². The van der Waals surface area contributed by atoms with E-state index in [1.807, 2.05) is 13.0 Å². The van der Waals surface area contributed by atoms with E-state index in [1.165, 1.54) is 0 Å². The van der Waals surface area contributed by atoms with Gasteiger partial charge in [0, 0.05) is 51.5 Å². The Labute approximate surface area is 108 Å². The Bertz CT molecular complexity index is 403. The third-order valence-corrected chi connectivity index (χ3v) is 3.31. The minimum Gasteiger partial charge on any atom is -0.381 e. The first kappa shape index (κ1) is 13.2. The van der Waals surface area contributed by atoms with E-state index >= 15 is 0 Å². The van der Waals surface area contributed by atoms with Crippen LogP contribution in [-0.4, -0.2) is 36.8 Å². The van der Waals surface area contributed by atoms with Crippen molar-refractivity contribution >= 4 is 5.82 Å². The SMILES string of the molecule is CCNc1cc(C)nc(C2(OC)CCOCC2)n1. The predicted octanol–water partition coefficient (Wildman–Crippen LogP) is 1.87. The third-order valence-electron chi connectivity index (χ3n) is 3.31. The molecule has 1 N–H and O–H groups in total. The number of aromatic nitrogens is 2. The quantitative estimate of drug-likeness (QED) is 0.885. The fourth-order valence-corrected chi connectivity index (χ4v) is 2.26. The molecular weight excluding hydrogens is 230 g/mol. The van der Waals surface area contributed by atoms with Crippen LogP contribution in [0.2, 0.25) is 0 Å². The zero-order valence-corrected chi connectivity index (χ0v) is 11.3. The van der Waals surface area contributed by atoms with E-state index in [0.717, 1.165) is 36.7 Å². The third kappa shape index (κ3) is 2.62. The summed E-state index contributed by atoms with van der Waals surface area (Å²) in [7, 11) is 1.73. The Hall–Kier alpha value is -1.20. The summed E-state index contributed by atoms with van der Waals surface area (Å²) >= 11 is 0. The number of methoxy groups -OCH3 is 1. The largest absolute Gasteiger partial charge is 0.381 e. The summed E-state index contributed by atoms with van der Waals surface area (Å²) < 4.78 is 11.1. The first-order chi connectivity index (χ1) is 8.70. The van der Waals surface area contributed by atoms with Gasteiger partial charge in [0.25, 0.3) is 0 Å². The summed E-state index contributed by atoms with van der Waals surface area (Å²) in [6, 6.07) is 1.95. The maximum Gasteiger partial charge on any atom is 0.163 e. The van der Waals surface area contributed by atoms with Gasteiger partial charge >= 0.3 is 0 Å². The molecule has 18 heavy (non-hydrogen) atoms. The van der Waals surface area contributed by atoms with Gasteiger partial charge in [-0.1, -0.05) is 0 Å².